The van der Waals surface area contributed by atoms with Gasteiger partial charge < -0.3 is 10.5 Å². The molecule has 0 fully saturated rings. The smallest absolute Gasteiger partial charge is 0.198 e. The van der Waals surface area contributed by atoms with Gasteiger partial charge in [0.15, 0.2) is 21.9 Å². The minimum absolute atomic E-state index is 0.232. The number of rotatable bonds is 4. The number of nitrogens with zero attached hydrogens (tertiary/aromatic N) is 2. The molecule has 0 spiro atoms. The summed E-state index contributed by atoms with van der Waals surface area (Å²) in [6.45, 7) is 0. The van der Waals surface area contributed by atoms with Gasteiger partial charge in [-0.2, -0.15) is 0 Å². The maximum Gasteiger partial charge on any atom is 0.198 e. The van der Waals surface area contributed by atoms with Crippen molar-refractivity contribution in [2.24, 2.45) is 0 Å². The van der Waals surface area contributed by atoms with E-state index in [-0.39, 0.29) is 11.0 Å². The van der Waals surface area contributed by atoms with Crippen LogP contribution >= 0.6 is 23.4 Å². The normalized spacial score (nSPS) is 10.8. The lowest BCUT2D eigenvalue weighted by molar-refractivity contribution is 0.412. The van der Waals surface area contributed by atoms with E-state index in [9.17, 15) is 0 Å². The Labute approximate surface area is 137 Å². The first-order chi connectivity index (χ1) is 10.7. The van der Waals surface area contributed by atoms with Crippen LogP contribution in [0.1, 0.15) is 5.56 Å². The van der Waals surface area contributed by atoms with Gasteiger partial charge in [-0.1, -0.05) is 65.8 Å². The van der Waals surface area contributed by atoms with Crippen LogP contribution in [0.15, 0.2) is 47.6 Å². The highest BCUT2D eigenvalue weighted by Gasteiger charge is 2.11. The van der Waals surface area contributed by atoms with Crippen molar-refractivity contribution in [1.29, 1.82) is 0 Å². The lowest BCUT2D eigenvalue weighted by Crippen LogP contribution is -2.00. The van der Waals surface area contributed by atoms with Crippen molar-refractivity contribution in [3.63, 3.8) is 0 Å². The minimum atomic E-state index is 0.232. The number of anilines is 1. The van der Waals surface area contributed by atoms with Gasteiger partial charge >= 0.3 is 0 Å². The second-order valence-electron chi connectivity index (χ2n) is 4.69. The van der Waals surface area contributed by atoms with Crippen molar-refractivity contribution in [2.45, 2.75) is 10.9 Å². The first kappa shape index (κ1) is 14.9. The molecule has 3 rings (SSSR count). The molecular formula is C16H14ClN3OS. The second kappa shape index (κ2) is 6.42. The lowest BCUT2D eigenvalue weighted by atomic mass is 10.1. The third-order valence-corrected chi connectivity index (χ3v) is 4.39. The van der Waals surface area contributed by atoms with E-state index in [1.807, 2.05) is 12.1 Å². The molecule has 22 heavy (non-hydrogen) atoms. The summed E-state index contributed by atoms with van der Waals surface area (Å²) in [6.07, 6.45) is 0. The van der Waals surface area contributed by atoms with Crippen LogP contribution in [0.2, 0.25) is 5.15 Å². The van der Waals surface area contributed by atoms with Gasteiger partial charge in [0.25, 0.3) is 0 Å². The molecule has 2 N–H and O–H groups in total. The summed E-state index contributed by atoms with van der Waals surface area (Å²) in [5.74, 6) is 1.31. The highest BCUT2D eigenvalue weighted by molar-refractivity contribution is 7.98. The largest absolute Gasteiger partial charge is 0.490 e. The van der Waals surface area contributed by atoms with Gasteiger partial charge in [-0.05, 0) is 16.3 Å². The SMILES string of the molecule is COc1c(N)nc(SCc2ccc3ccccc3c2)nc1Cl. The third-order valence-electron chi connectivity index (χ3n) is 3.22. The van der Waals surface area contributed by atoms with E-state index in [1.54, 1.807) is 0 Å². The molecule has 0 aliphatic carbocycles. The second-order valence-corrected chi connectivity index (χ2v) is 5.99. The predicted molar refractivity (Wildman–Crippen MR) is 91.5 cm³/mol. The summed E-state index contributed by atoms with van der Waals surface area (Å²) in [6, 6.07) is 14.6. The molecule has 0 amide bonds. The quantitative estimate of drug-likeness (QED) is 0.442. The molecule has 0 saturated heterocycles. The topological polar surface area (TPSA) is 61.0 Å². The Hall–Kier alpha value is -1.98. The fourth-order valence-corrected chi connectivity index (χ4v) is 3.25. The minimum Gasteiger partial charge on any atom is -0.490 e. The molecule has 3 aromatic rings. The molecule has 2 aromatic carbocycles. The van der Waals surface area contributed by atoms with Gasteiger partial charge in [0.1, 0.15) is 0 Å². The van der Waals surface area contributed by atoms with Crippen LogP contribution in [0, 0.1) is 0 Å². The molecule has 0 saturated carbocycles. The van der Waals surface area contributed by atoms with Crippen LogP contribution < -0.4 is 10.5 Å². The Morgan fingerprint density at radius 1 is 1.14 bits per heavy atom. The van der Waals surface area contributed by atoms with Crippen LogP contribution in [0.25, 0.3) is 10.8 Å². The molecule has 0 unspecified atom stereocenters. The number of hydrogen-bond donors (Lipinski definition) is 1. The van der Waals surface area contributed by atoms with E-state index >= 15 is 0 Å². The van der Waals surface area contributed by atoms with Crippen molar-refractivity contribution < 1.29 is 4.74 Å². The summed E-state index contributed by atoms with van der Waals surface area (Å²) in [5.41, 5.74) is 6.99. The molecule has 0 aliphatic rings. The molecule has 112 valence electrons. The van der Waals surface area contributed by atoms with Crippen LogP contribution in [0.4, 0.5) is 5.82 Å². The molecule has 4 nitrogen and oxygen atoms in total. The number of fused-ring (bicyclic) bond motifs is 1. The standard InChI is InChI=1S/C16H14ClN3OS/c1-21-13-14(17)19-16(20-15(13)18)22-9-10-6-7-11-4-2-3-5-12(11)8-10/h2-8H,9H2,1H3,(H2,18,19,20). The number of nitrogens with two attached hydrogens (primary N) is 1. The van der Waals surface area contributed by atoms with Gasteiger partial charge in [-0.15, -0.1) is 0 Å². The first-order valence-electron chi connectivity index (χ1n) is 6.65. The average molecular weight is 332 g/mol. The summed E-state index contributed by atoms with van der Waals surface area (Å²) in [7, 11) is 1.49. The summed E-state index contributed by atoms with van der Waals surface area (Å²) in [5, 5.41) is 3.21. The Morgan fingerprint density at radius 2 is 1.91 bits per heavy atom. The molecular weight excluding hydrogens is 318 g/mol. The van der Waals surface area contributed by atoms with Crippen LogP contribution in [-0.4, -0.2) is 17.1 Å². The molecule has 1 heterocycles. The monoisotopic (exact) mass is 331 g/mol. The van der Waals surface area contributed by atoms with Crippen molar-refractivity contribution in [2.75, 3.05) is 12.8 Å². The first-order valence-corrected chi connectivity index (χ1v) is 8.01. The van der Waals surface area contributed by atoms with E-state index in [0.29, 0.717) is 10.9 Å². The molecule has 0 radical (unpaired) electrons. The lowest BCUT2D eigenvalue weighted by Gasteiger charge is -2.07. The van der Waals surface area contributed by atoms with Crippen LogP contribution in [-0.2, 0) is 5.75 Å². The number of aromatic nitrogens is 2. The fourth-order valence-electron chi connectivity index (χ4n) is 2.15. The molecule has 6 heteroatoms. The maximum absolute atomic E-state index is 6.03. The fraction of sp³-hybridized carbons (Fsp3) is 0.125. The zero-order valence-corrected chi connectivity index (χ0v) is 13.5. The Balaban J connectivity index is 1.79. The number of thioether (sulfide) groups is 1. The highest BCUT2D eigenvalue weighted by Crippen LogP contribution is 2.31. The van der Waals surface area contributed by atoms with Gasteiger partial charge in [-0.3, -0.25) is 0 Å². The van der Waals surface area contributed by atoms with E-state index in [0.717, 1.165) is 5.75 Å². The van der Waals surface area contributed by atoms with E-state index in [4.69, 9.17) is 22.1 Å². The molecule has 0 atom stereocenters. The zero-order chi connectivity index (χ0) is 15.5. The average Bonchev–Trinajstić information content (AvgIpc) is 2.52. The Morgan fingerprint density at radius 3 is 2.64 bits per heavy atom. The van der Waals surface area contributed by atoms with Crippen molar-refractivity contribution >= 4 is 40.0 Å². The molecule has 0 bridgehead atoms. The summed E-state index contributed by atoms with van der Waals surface area (Å²) < 4.78 is 5.05. The van der Waals surface area contributed by atoms with Gasteiger partial charge in [-0.25, -0.2) is 9.97 Å². The van der Waals surface area contributed by atoms with E-state index in [2.05, 4.69) is 40.3 Å². The van der Waals surface area contributed by atoms with Crippen molar-refractivity contribution in [3.05, 3.63) is 53.2 Å². The predicted octanol–water partition coefficient (Wildman–Crippen LogP) is 4.17. The van der Waals surface area contributed by atoms with Gasteiger partial charge in [0.2, 0.25) is 0 Å². The Bertz CT molecular complexity index is 802. The number of halogens is 1. The van der Waals surface area contributed by atoms with E-state index < -0.39 is 0 Å². The summed E-state index contributed by atoms with van der Waals surface area (Å²) >= 11 is 7.51. The molecule has 1 aromatic heterocycles. The number of ether oxygens (including phenoxy) is 1. The maximum atomic E-state index is 6.03. The van der Waals surface area contributed by atoms with Gasteiger partial charge in [0.05, 0.1) is 7.11 Å². The Kier molecular flexibility index (Phi) is 4.36. The van der Waals surface area contributed by atoms with Crippen molar-refractivity contribution in [3.8, 4) is 5.75 Å². The zero-order valence-electron chi connectivity index (χ0n) is 11.9. The van der Waals surface area contributed by atoms with Gasteiger partial charge in [0, 0.05) is 5.75 Å². The van der Waals surface area contributed by atoms with Crippen molar-refractivity contribution in [1.82, 2.24) is 9.97 Å². The highest BCUT2D eigenvalue weighted by atomic mass is 35.5. The third kappa shape index (κ3) is 3.10. The van der Waals surface area contributed by atoms with Crippen LogP contribution in [0.3, 0.4) is 0 Å². The number of nitrogen functional groups attached to an aromatic ring is 1. The number of methoxy groups -OCH3 is 1. The van der Waals surface area contributed by atoms with E-state index in [1.165, 1.54) is 35.2 Å². The van der Waals surface area contributed by atoms with Crippen LogP contribution in [0.5, 0.6) is 5.75 Å². The summed E-state index contributed by atoms with van der Waals surface area (Å²) in [4.78, 5) is 8.40. The molecule has 0 aliphatic heterocycles. The number of benzene rings is 2. The number of hydrogen-bond acceptors (Lipinski definition) is 5.